The number of anilines is 2. The number of nitrogens with one attached hydrogen (secondary N) is 1. The maximum absolute atomic E-state index is 11.5. The quantitative estimate of drug-likeness (QED) is 0.808. The van der Waals surface area contributed by atoms with Gasteiger partial charge in [-0.15, -0.1) is 0 Å². The van der Waals surface area contributed by atoms with E-state index in [9.17, 15) is 4.79 Å². The van der Waals surface area contributed by atoms with Crippen LogP contribution in [0.1, 0.15) is 25.7 Å². The van der Waals surface area contributed by atoms with E-state index in [1.807, 2.05) is 0 Å². The third kappa shape index (κ3) is 2.45. The second-order valence-electron chi connectivity index (χ2n) is 5.43. The van der Waals surface area contributed by atoms with Gasteiger partial charge in [-0.05, 0) is 12.8 Å². The molecule has 0 spiro atoms. The van der Waals surface area contributed by atoms with Crippen LogP contribution in [-0.2, 0) is 0 Å². The molecule has 0 radical (unpaired) electrons. The molecule has 0 atom stereocenters. The van der Waals surface area contributed by atoms with Gasteiger partial charge in [-0.3, -0.25) is 9.69 Å². The first-order valence-electron chi connectivity index (χ1n) is 7.08. The lowest BCUT2D eigenvalue weighted by molar-refractivity contribution is 0.187. The van der Waals surface area contributed by atoms with Crippen LogP contribution in [0.5, 0.6) is 0 Å². The normalized spacial score (nSPS) is 22.0. The first kappa shape index (κ1) is 12.5. The summed E-state index contributed by atoms with van der Waals surface area (Å²) in [5.41, 5.74) is 5.79. The molecule has 6 heteroatoms. The summed E-state index contributed by atoms with van der Waals surface area (Å²) in [4.78, 5) is 22.9. The van der Waals surface area contributed by atoms with Gasteiger partial charge in [-0.2, -0.15) is 0 Å². The fraction of sp³-hybridized carbons (Fsp3) is 0.692. The van der Waals surface area contributed by atoms with E-state index in [0.717, 1.165) is 32.2 Å². The largest absolute Gasteiger partial charge is 0.391 e. The van der Waals surface area contributed by atoms with Gasteiger partial charge in [0.2, 0.25) is 0 Å². The van der Waals surface area contributed by atoms with E-state index in [0.29, 0.717) is 5.82 Å². The minimum Gasteiger partial charge on any atom is -0.391 e. The van der Waals surface area contributed by atoms with E-state index in [1.165, 1.54) is 32.0 Å². The van der Waals surface area contributed by atoms with Gasteiger partial charge >= 0.3 is 0 Å². The number of H-pyrrole nitrogens is 1. The fourth-order valence-corrected chi connectivity index (χ4v) is 3.22. The van der Waals surface area contributed by atoms with Crippen LogP contribution in [0.3, 0.4) is 0 Å². The number of hydrogen-bond acceptors (Lipinski definition) is 5. The zero-order chi connectivity index (χ0) is 13.2. The number of rotatable bonds is 2. The number of aromatic amines is 1. The van der Waals surface area contributed by atoms with E-state index < -0.39 is 0 Å². The molecule has 1 aliphatic carbocycles. The number of hydrogen-bond donors (Lipinski definition) is 2. The van der Waals surface area contributed by atoms with Crippen LogP contribution in [-0.4, -0.2) is 47.1 Å². The van der Waals surface area contributed by atoms with Crippen molar-refractivity contribution in [3.63, 3.8) is 0 Å². The predicted molar refractivity (Wildman–Crippen MR) is 75.3 cm³/mol. The van der Waals surface area contributed by atoms with Crippen molar-refractivity contribution in [1.29, 1.82) is 0 Å². The highest BCUT2D eigenvalue weighted by molar-refractivity contribution is 5.61. The Morgan fingerprint density at radius 1 is 1.21 bits per heavy atom. The van der Waals surface area contributed by atoms with Gasteiger partial charge in [0.25, 0.3) is 5.56 Å². The maximum atomic E-state index is 11.5. The molecule has 2 aliphatic rings. The smallest absolute Gasteiger partial charge is 0.276 e. The Labute approximate surface area is 112 Å². The van der Waals surface area contributed by atoms with Crippen LogP contribution < -0.4 is 16.2 Å². The van der Waals surface area contributed by atoms with Gasteiger partial charge in [-0.25, -0.2) is 4.98 Å². The van der Waals surface area contributed by atoms with E-state index in [-0.39, 0.29) is 11.2 Å². The Morgan fingerprint density at radius 2 is 1.89 bits per heavy atom. The molecule has 3 rings (SSSR count). The first-order valence-corrected chi connectivity index (χ1v) is 7.08. The number of nitrogens with zero attached hydrogens (tertiary/aromatic N) is 3. The molecule has 0 bridgehead atoms. The lowest BCUT2D eigenvalue weighted by atomic mass is 10.2. The zero-order valence-electron chi connectivity index (χ0n) is 11.1. The highest BCUT2D eigenvalue weighted by atomic mass is 16.1. The average molecular weight is 263 g/mol. The highest BCUT2D eigenvalue weighted by Crippen LogP contribution is 2.25. The lowest BCUT2D eigenvalue weighted by Gasteiger charge is -2.38. The third-order valence-corrected chi connectivity index (χ3v) is 4.32. The molecule has 6 nitrogen and oxygen atoms in total. The number of piperazine rings is 1. The minimum atomic E-state index is -0.247. The van der Waals surface area contributed by atoms with Crippen molar-refractivity contribution in [3.05, 3.63) is 16.7 Å². The molecule has 1 aliphatic heterocycles. The average Bonchev–Trinajstić information content (AvgIpc) is 2.96. The van der Waals surface area contributed by atoms with Crippen molar-refractivity contribution in [1.82, 2.24) is 14.9 Å². The van der Waals surface area contributed by atoms with Gasteiger partial charge < -0.3 is 15.6 Å². The fourth-order valence-electron chi connectivity index (χ4n) is 3.22. The monoisotopic (exact) mass is 263 g/mol. The van der Waals surface area contributed by atoms with Crippen molar-refractivity contribution in [2.24, 2.45) is 0 Å². The van der Waals surface area contributed by atoms with Crippen molar-refractivity contribution < 1.29 is 0 Å². The van der Waals surface area contributed by atoms with Crippen molar-refractivity contribution >= 4 is 11.5 Å². The van der Waals surface area contributed by atoms with Gasteiger partial charge in [0, 0.05) is 32.2 Å². The zero-order valence-corrected chi connectivity index (χ0v) is 11.1. The van der Waals surface area contributed by atoms with Crippen molar-refractivity contribution in [2.75, 3.05) is 36.8 Å². The van der Waals surface area contributed by atoms with Crippen LogP contribution in [0.4, 0.5) is 11.5 Å². The minimum absolute atomic E-state index is 0.233. The topological polar surface area (TPSA) is 78.2 Å². The van der Waals surface area contributed by atoms with Crippen LogP contribution in [0.2, 0.25) is 0 Å². The second kappa shape index (κ2) is 5.21. The maximum Gasteiger partial charge on any atom is 0.276 e. The molecular weight excluding hydrogens is 242 g/mol. The molecular formula is C13H21N5O. The van der Waals surface area contributed by atoms with Gasteiger partial charge in [-0.1, -0.05) is 12.8 Å². The van der Waals surface area contributed by atoms with E-state index in [4.69, 9.17) is 5.73 Å². The molecule has 1 aromatic heterocycles. The molecule has 19 heavy (non-hydrogen) atoms. The van der Waals surface area contributed by atoms with E-state index in [2.05, 4.69) is 19.8 Å². The van der Waals surface area contributed by atoms with Crippen LogP contribution in [0, 0.1) is 0 Å². The van der Waals surface area contributed by atoms with Crippen LogP contribution in [0.25, 0.3) is 0 Å². The van der Waals surface area contributed by atoms with Crippen LogP contribution in [0.15, 0.2) is 11.1 Å². The van der Waals surface area contributed by atoms with Gasteiger partial charge in [0.1, 0.15) is 5.69 Å². The Morgan fingerprint density at radius 3 is 2.58 bits per heavy atom. The molecule has 2 fully saturated rings. The Hall–Kier alpha value is -1.56. The number of aromatic nitrogens is 2. The molecule has 104 valence electrons. The summed E-state index contributed by atoms with van der Waals surface area (Å²) in [6.45, 7) is 3.88. The van der Waals surface area contributed by atoms with E-state index in [1.54, 1.807) is 0 Å². The van der Waals surface area contributed by atoms with Crippen LogP contribution >= 0.6 is 0 Å². The standard InChI is InChI=1S/C13H21N5O/c14-11-12(15-9-16-13(11)19)18-7-5-17(6-8-18)10-3-1-2-4-10/h9-10H,1-8,14H2,(H,15,16,19). The molecule has 1 saturated heterocycles. The molecule has 2 heterocycles. The SMILES string of the molecule is Nc1c(N2CCN(C3CCCC3)CC2)nc[nH]c1=O. The summed E-state index contributed by atoms with van der Waals surface area (Å²) in [5.74, 6) is 0.634. The molecule has 0 aromatic carbocycles. The Bertz CT molecular complexity index is 486. The summed E-state index contributed by atoms with van der Waals surface area (Å²) < 4.78 is 0. The first-order chi connectivity index (χ1) is 9.25. The molecule has 0 amide bonds. The van der Waals surface area contributed by atoms with E-state index >= 15 is 0 Å². The van der Waals surface area contributed by atoms with Crippen molar-refractivity contribution in [3.8, 4) is 0 Å². The highest BCUT2D eigenvalue weighted by Gasteiger charge is 2.27. The van der Waals surface area contributed by atoms with Gasteiger partial charge in [0.15, 0.2) is 5.82 Å². The lowest BCUT2D eigenvalue weighted by Crippen LogP contribution is -2.50. The molecule has 1 saturated carbocycles. The summed E-state index contributed by atoms with van der Waals surface area (Å²) >= 11 is 0. The number of nitrogens with two attached hydrogens (primary N) is 1. The predicted octanol–water partition coefficient (Wildman–Crippen LogP) is 0.417. The molecule has 0 unspecified atom stereocenters. The van der Waals surface area contributed by atoms with Crippen molar-refractivity contribution in [2.45, 2.75) is 31.7 Å². The summed E-state index contributed by atoms with van der Waals surface area (Å²) in [5, 5.41) is 0. The van der Waals surface area contributed by atoms with Gasteiger partial charge in [0.05, 0.1) is 6.33 Å². The Kier molecular flexibility index (Phi) is 3.42. The summed E-state index contributed by atoms with van der Waals surface area (Å²) in [6.07, 6.45) is 6.84. The molecule has 3 N–H and O–H groups in total. The second-order valence-corrected chi connectivity index (χ2v) is 5.43. The number of nitrogen functional groups attached to an aromatic ring is 1. The Balaban J connectivity index is 1.66. The molecule has 1 aromatic rings. The summed E-state index contributed by atoms with van der Waals surface area (Å²) in [7, 11) is 0. The third-order valence-electron chi connectivity index (χ3n) is 4.32. The summed E-state index contributed by atoms with van der Waals surface area (Å²) in [6, 6.07) is 0.770.